The minimum atomic E-state index is 0.607. The number of hydrogen-bond acceptors (Lipinski definition) is 3. The molecule has 1 aromatic carbocycles. The van der Waals surface area contributed by atoms with Gasteiger partial charge < -0.3 is 14.4 Å². The standard InChI is InChI=1S/C15H23NO2/c1-5-16(6-2)12-7-11-8-13(17-3)10-15(18-4)14(11)9-12/h8,10,12H,5-7,9H2,1-4H3. The van der Waals surface area contributed by atoms with Crippen LogP contribution in [0.3, 0.4) is 0 Å². The van der Waals surface area contributed by atoms with Gasteiger partial charge in [-0.3, -0.25) is 0 Å². The van der Waals surface area contributed by atoms with Crippen LogP contribution >= 0.6 is 0 Å². The van der Waals surface area contributed by atoms with Crippen molar-refractivity contribution in [3.05, 3.63) is 23.3 Å². The van der Waals surface area contributed by atoms with Crippen LogP contribution in [0.5, 0.6) is 11.5 Å². The van der Waals surface area contributed by atoms with Crippen molar-refractivity contribution in [2.45, 2.75) is 32.7 Å². The van der Waals surface area contributed by atoms with E-state index in [4.69, 9.17) is 9.47 Å². The van der Waals surface area contributed by atoms with Crippen LogP contribution in [0.2, 0.25) is 0 Å². The SMILES string of the molecule is CCN(CC)C1Cc2cc(OC)cc(OC)c2C1. The van der Waals surface area contributed by atoms with Crippen molar-refractivity contribution in [3.8, 4) is 11.5 Å². The van der Waals surface area contributed by atoms with E-state index in [1.54, 1.807) is 14.2 Å². The Labute approximate surface area is 110 Å². The minimum Gasteiger partial charge on any atom is -0.497 e. The largest absolute Gasteiger partial charge is 0.497 e. The molecule has 0 saturated carbocycles. The number of benzene rings is 1. The smallest absolute Gasteiger partial charge is 0.126 e. The molecule has 0 N–H and O–H groups in total. The fourth-order valence-corrected chi connectivity index (χ4v) is 2.95. The molecule has 0 aliphatic heterocycles. The van der Waals surface area contributed by atoms with Gasteiger partial charge in [0.1, 0.15) is 11.5 Å². The molecule has 0 aromatic heterocycles. The monoisotopic (exact) mass is 249 g/mol. The molecule has 0 radical (unpaired) electrons. The molecule has 100 valence electrons. The van der Waals surface area contributed by atoms with E-state index in [0.717, 1.165) is 37.4 Å². The Balaban J connectivity index is 2.28. The van der Waals surface area contributed by atoms with Crippen molar-refractivity contribution in [1.82, 2.24) is 4.90 Å². The summed E-state index contributed by atoms with van der Waals surface area (Å²) in [5.74, 6) is 1.87. The maximum atomic E-state index is 5.50. The van der Waals surface area contributed by atoms with Crippen LogP contribution in [0, 0.1) is 0 Å². The first-order valence-electron chi connectivity index (χ1n) is 6.71. The number of rotatable bonds is 5. The van der Waals surface area contributed by atoms with Crippen LogP contribution in [0.15, 0.2) is 12.1 Å². The van der Waals surface area contributed by atoms with E-state index in [1.807, 2.05) is 6.07 Å². The second kappa shape index (κ2) is 5.61. The molecule has 0 amide bonds. The molecular weight excluding hydrogens is 226 g/mol. The quantitative estimate of drug-likeness (QED) is 0.800. The van der Waals surface area contributed by atoms with Crippen LogP contribution < -0.4 is 9.47 Å². The number of hydrogen-bond donors (Lipinski definition) is 0. The number of ether oxygens (including phenoxy) is 2. The van der Waals surface area contributed by atoms with Gasteiger partial charge in [0.2, 0.25) is 0 Å². The third-order valence-electron chi connectivity index (χ3n) is 3.95. The molecule has 1 aliphatic carbocycles. The molecule has 2 rings (SSSR count). The highest BCUT2D eigenvalue weighted by Crippen LogP contribution is 2.36. The zero-order chi connectivity index (χ0) is 13.1. The van der Waals surface area contributed by atoms with Gasteiger partial charge >= 0.3 is 0 Å². The molecule has 0 bridgehead atoms. The van der Waals surface area contributed by atoms with E-state index in [2.05, 4.69) is 24.8 Å². The van der Waals surface area contributed by atoms with Gasteiger partial charge in [0.25, 0.3) is 0 Å². The molecule has 0 saturated heterocycles. The predicted molar refractivity (Wildman–Crippen MR) is 73.7 cm³/mol. The lowest BCUT2D eigenvalue weighted by Gasteiger charge is -2.25. The van der Waals surface area contributed by atoms with Crippen LogP contribution in [0.1, 0.15) is 25.0 Å². The number of fused-ring (bicyclic) bond motifs is 1. The number of methoxy groups -OCH3 is 2. The van der Waals surface area contributed by atoms with E-state index in [9.17, 15) is 0 Å². The molecule has 18 heavy (non-hydrogen) atoms. The minimum absolute atomic E-state index is 0.607. The topological polar surface area (TPSA) is 21.7 Å². The lowest BCUT2D eigenvalue weighted by atomic mass is 10.1. The molecule has 0 spiro atoms. The highest BCUT2D eigenvalue weighted by molar-refractivity contribution is 5.50. The van der Waals surface area contributed by atoms with E-state index in [-0.39, 0.29) is 0 Å². The molecule has 1 aliphatic rings. The van der Waals surface area contributed by atoms with Crippen molar-refractivity contribution in [1.29, 1.82) is 0 Å². The Bertz CT molecular complexity index is 413. The maximum Gasteiger partial charge on any atom is 0.126 e. The predicted octanol–water partition coefficient (Wildman–Crippen LogP) is 2.51. The summed E-state index contributed by atoms with van der Waals surface area (Å²) in [5.41, 5.74) is 2.73. The van der Waals surface area contributed by atoms with Crippen molar-refractivity contribution in [2.75, 3.05) is 27.3 Å². The Morgan fingerprint density at radius 2 is 1.83 bits per heavy atom. The van der Waals surface area contributed by atoms with Crippen LogP contribution in [-0.4, -0.2) is 38.3 Å². The van der Waals surface area contributed by atoms with Gasteiger partial charge in [-0.25, -0.2) is 0 Å². The van der Waals surface area contributed by atoms with E-state index >= 15 is 0 Å². The second-order valence-corrected chi connectivity index (χ2v) is 4.75. The molecule has 3 heteroatoms. The third kappa shape index (κ3) is 2.32. The number of nitrogens with zero attached hydrogens (tertiary/aromatic N) is 1. The fraction of sp³-hybridized carbons (Fsp3) is 0.600. The van der Waals surface area contributed by atoms with Gasteiger partial charge in [-0.1, -0.05) is 13.8 Å². The average Bonchev–Trinajstić information content (AvgIpc) is 2.82. The number of likely N-dealkylation sites (N-methyl/N-ethyl adjacent to an activating group) is 1. The van der Waals surface area contributed by atoms with E-state index in [1.165, 1.54) is 11.1 Å². The Kier molecular flexibility index (Phi) is 4.12. The summed E-state index contributed by atoms with van der Waals surface area (Å²) in [7, 11) is 3.44. The normalized spacial score (nSPS) is 17.9. The summed E-state index contributed by atoms with van der Waals surface area (Å²) >= 11 is 0. The molecule has 1 unspecified atom stereocenters. The van der Waals surface area contributed by atoms with Crippen LogP contribution in [0.25, 0.3) is 0 Å². The van der Waals surface area contributed by atoms with Gasteiger partial charge in [-0.2, -0.15) is 0 Å². The second-order valence-electron chi connectivity index (χ2n) is 4.75. The fourth-order valence-electron chi connectivity index (χ4n) is 2.95. The van der Waals surface area contributed by atoms with E-state index in [0.29, 0.717) is 6.04 Å². The van der Waals surface area contributed by atoms with Gasteiger partial charge in [-0.05, 0) is 43.1 Å². The van der Waals surface area contributed by atoms with E-state index < -0.39 is 0 Å². The van der Waals surface area contributed by atoms with Crippen LogP contribution in [-0.2, 0) is 12.8 Å². The van der Waals surface area contributed by atoms with Gasteiger partial charge in [0, 0.05) is 12.1 Å². The first-order chi connectivity index (χ1) is 8.73. The van der Waals surface area contributed by atoms with Gasteiger partial charge in [-0.15, -0.1) is 0 Å². The summed E-state index contributed by atoms with van der Waals surface area (Å²) in [6, 6.07) is 4.75. The Morgan fingerprint density at radius 1 is 1.11 bits per heavy atom. The van der Waals surface area contributed by atoms with Gasteiger partial charge in [0.05, 0.1) is 14.2 Å². The molecule has 1 aromatic rings. The van der Waals surface area contributed by atoms with Crippen molar-refractivity contribution in [2.24, 2.45) is 0 Å². The van der Waals surface area contributed by atoms with Crippen LogP contribution in [0.4, 0.5) is 0 Å². The Hall–Kier alpha value is -1.22. The maximum absolute atomic E-state index is 5.50. The average molecular weight is 249 g/mol. The molecule has 1 atom stereocenters. The molecule has 0 fully saturated rings. The highest BCUT2D eigenvalue weighted by atomic mass is 16.5. The summed E-state index contributed by atoms with van der Waals surface area (Å²) in [5, 5.41) is 0. The summed E-state index contributed by atoms with van der Waals surface area (Å²) in [6.07, 6.45) is 2.19. The molecule has 0 heterocycles. The third-order valence-corrected chi connectivity index (χ3v) is 3.95. The summed E-state index contributed by atoms with van der Waals surface area (Å²) in [6.45, 7) is 6.66. The lowest BCUT2D eigenvalue weighted by Crippen LogP contribution is -2.35. The Morgan fingerprint density at radius 3 is 2.39 bits per heavy atom. The highest BCUT2D eigenvalue weighted by Gasteiger charge is 2.28. The zero-order valence-corrected chi connectivity index (χ0v) is 11.8. The van der Waals surface area contributed by atoms with Crippen molar-refractivity contribution < 1.29 is 9.47 Å². The zero-order valence-electron chi connectivity index (χ0n) is 11.8. The molecular formula is C15H23NO2. The van der Waals surface area contributed by atoms with Crippen molar-refractivity contribution >= 4 is 0 Å². The molecule has 3 nitrogen and oxygen atoms in total. The van der Waals surface area contributed by atoms with Crippen molar-refractivity contribution in [3.63, 3.8) is 0 Å². The summed E-state index contributed by atoms with van der Waals surface area (Å²) in [4.78, 5) is 2.52. The first-order valence-corrected chi connectivity index (χ1v) is 6.71. The summed E-state index contributed by atoms with van der Waals surface area (Å²) < 4.78 is 10.8. The first kappa shape index (κ1) is 13.2. The lowest BCUT2D eigenvalue weighted by molar-refractivity contribution is 0.223. The van der Waals surface area contributed by atoms with Gasteiger partial charge in [0.15, 0.2) is 0 Å².